The quantitative estimate of drug-likeness (QED) is 0.472. The van der Waals surface area contributed by atoms with Gasteiger partial charge in [-0.1, -0.05) is 11.8 Å². The molecule has 0 N–H and O–H groups in total. The van der Waals surface area contributed by atoms with E-state index in [2.05, 4.69) is 14.9 Å². The molecule has 0 bridgehead atoms. The summed E-state index contributed by atoms with van der Waals surface area (Å²) in [7, 11) is 0. The summed E-state index contributed by atoms with van der Waals surface area (Å²) in [6.45, 7) is 4.02. The molecule has 0 unspecified atom stereocenters. The van der Waals surface area contributed by atoms with Crippen molar-refractivity contribution >= 4 is 23.5 Å². The Morgan fingerprint density at radius 1 is 1.50 bits per heavy atom. The Hall–Kier alpha value is -1.30. The number of esters is 1. The average molecular weight is 295 g/mol. The van der Waals surface area contributed by atoms with Gasteiger partial charge in [0, 0.05) is 26.2 Å². The summed E-state index contributed by atoms with van der Waals surface area (Å²) >= 11 is 1.56. The van der Waals surface area contributed by atoms with E-state index in [0.29, 0.717) is 12.5 Å². The molecule has 2 rings (SSSR count). The van der Waals surface area contributed by atoms with E-state index in [1.165, 1.54) is 6.92 Å². The van der Waals surface area contributed by atoms with E-state index in [1.54, 1.807) is 11.8 Å². The predicted octanol–water partition coefficient (Wildman–Crippen LogP) is 2.37. The Bertz CT molecular complexity index is 448. The lowest BCUT2D eigenvalue weighted by molar-refractivity contribution is -0.141. The van der Waals surface area contributed by atoms with Gasteiger partial charge in [-0.2, -0.15) is 0 Å². The summed E-state index contributed by atoms with van der Waals surface area (Å²) < 4.78 is 5.01. The largest absolute Gasteiger partial charge is 0.466 e. The van der Waals surface area contributed by atoms with Gasteiger partial charge in [-0.15, -0.1) is 0 Å². The van der Waals surface area contributed by atoms with Crippen LogP contribution in [0.15, 0.2) is 17.4 Å². The lowest BCUT2D eigenvalue weighted by Crippen LogP contribution is -2.34. The van der Waals surface area contributed by atoms with Crippen molar-refractivity contribution < 1.29 is 9.53 Å². The van der Waals surface area contributed by atoms with Crippen LogP contribution in [-0.2, 0) is 9.53 Å². The summed E-state index contributed by atoms with van der Waals surface area (Å²) in [5, 5.41) is 0.819. The molecule has 0 amide bonds. The van der Waals surface area contributed by atoms with Gasteiger partial charge in [0.15, 0.2) is 5.16 Å². The molecule has 20 heavy (non-hydrogen) atoms. The van der Waals surface area contributed by atoms with Crippen LogP contribution in [0, 0.1) is 5.92 Å². The number of anilines is 1. The number of piperidine rings is 1. The Balaban J connectivity index is 1.80. The van der Waals surface area contributed by atoms with E-state index in [0.717, 1.165) is 43.3 Å². The van der Waals surface area contributed by atoms with Crippen LogP contribution in [0.4, 0.5) is 5.82 Å². The smallest absolute Gasteiger partial charge is 0.302 e. The molecule has 0 aromatic carbocycles. The number of nitrogens with zero attached hydrogens (tertiary/aromatic N) is 3. The van der Waals surface area contributed by atoms with Crippen molar-refractivity contribution in [3.63, 3.8) is 0 Å². The molecular weight excluding hydrogens is 274 g/mol. The first-order valence-electron chi connectivity index (χ1n) is 6.94. The van der Waals surface area contributed by atoms with Gasteiger partial charge in [0.25, 0.3) is 0 Å². The Kier molecular flexibility index (Phi) is 5.64. The third kappa shape index (κ3) is 4.37. The van der Waals surface area contributed by atoms with Gasteiger partial charge in [0.1, 0.15) is 5.82 Å². The Morgan fingerprint density at radius 3 is 2.90 bits per heavy atom. The molecule has 0 radical (unpaired) electrons. The fourth-order valence-corrected chi connectivity index (χ4v) is 2.78. The second kappa shape index (κ2) is 7.47. The third-order valence-corrected chi connectivity index (χ3v) is 4.13. The van der Waals surface area contributed by atoms with Crippen LogP contribution in [0.5, 0.6) is 0 Å². The maximum Gasteiger partial charge on any atom is 0.302 e. The number of thioether (sulfide) groups is 1. The molecule has 1 fully saturated rings. The van der Waals surface area contributed by atoms with Crippen molar-refractivity contribution in [1.82, 2.24) is 9.97 Å². The molecule has 0 saturated carbocycles. The first-order valence-corrected chi connectivity index (χ1v) is 8.17. The SMILES string of the molecule is CSc1nccc(N2CCC(CCOC(C)=O)CC2)n1. The van der Waals surface area contributed by atoms with Gasteiger partial charge < -0.3 is 9.64 Å². The number of carbonyl (C=O) groups excluding carboxylic acids is 1. The van der Waals surface area contributed by atoms with E-state index >= 15 is 0 Å². The third-order valence-electron chi connectivity index (χ3n) is 3.57. The number of ether oxygens (including phenoxy) is 1. The molecule has 0 aliphatic carbocycles. The first-order chi connectivity index (χ1) is 9.69. The molecule has 6 heteroatoms. The van der Waals surface area contributed by atoms with Crippen molar-refractivity contribution in [2.75, 3.05) is 30.9 Å². The molecule has 5 nitrogen and oxygen atoms in total. The highest BCUT2D eigenvalue weighted by Gasteiger charge is 2.20. The van der Waals surface area contributed by atoms with Gasteiger partial charge in [-0.25, -0.2) is 9.97 Å². The van der Waals surface area contributed by atoms with Crippen LogP contribution in [0.2, 0.25) is 0 Å². The summed E-state index contributed by atoms with van der Waals surface area (Å²) in [5.41, 5.74) is 0. The van der Waals surface area contributed by atoms with E-state index in [9.17, 15) is 4.79 Å². The van der Waals surface area contributed by atoms with E-state index in [1.807, 2.05) is 18.5 Å². The highest BCUT2D eigenvalue weighted by molar-refractivity contribution is 7.98. The second-order valence-corrected chi connectivity index (χ2v) is 5.73. The maximum atomic E-state index is 10.7. The molecule has 2 heterocycles. The van der Waals surface area contributed by atoms with E-state index in [4.69, 9.17) is 4.74 Å². The Morgan fingerprint density at radius 2 is 2.25 bits per heavy atom. The number of carbonyl (C=O) groups is 1. The molecule has 1 aliphatic rings. The lowest BCUT2D eigenvalue weighted by atomic mass is 9.94. The normalized spacial score (nSPS) is 16.2. The van der Waals surface area contributed by atoms with Crippen molar-refractivity contribution in [3.8, 4) is 0 Å². The molecule has 1 aliphatic heterocycles. The van der Waals surface area contributed by atoms with Crippen molar-refractivity contribution in [1.29, 1.82) is 0 Å². The van der Waals surface area contributed by atoms with Crippen LogP contribution in [0.1, 0.15) is 26.2 Å². The summed E-state index contributed by atoms with van der Waals surface area (Å²) in [5.74, 6) is 1.48. The average Bonchev–Trinajstić information content (AvgIpc) is 2.48. The zero-order chi connectivity index (χ0) is 14.4. The molecule has 0 spiro atoms. The van der Waals surface area contributed by atoms with Crippen LogP contribution in [0.25, 0.3) is 0 Å². The minimum Gasteiger partial charge on any atom is -0.466 e. The van der Waals surface area contributed by atoms with Crippen LogP contribution in [0.3, 0.4) is 0 Å². The monoisotopic (exact) mass is 295 g/mol. The predicted molar refractivity (Wildman–Crippen MR) is 80.0 cm³/mol. The molecule has 110 valence electrons. The minimum absolute atomic E-state index is 0.187. The number of rotatable bonds is 5. The highest BCUT2D eigenvalue weighted by atomic mass is 32.2. The zero-order valence-electron chi connectivity index (χ0n) is 12.0. The standard InChI is InChI=1S/C14H21N3O2S/c1-11(18)19-10-6-12-4-8-17(9-5-12)13-3-7-15-14(16-13)20-2/h3,7,12H,4-6,8-10H2,1-2H3. The molecule has 1 saturated heterocycles. The van der Waals surface area contributed by atoms with Crippen LogP contribution >= 0.6 is 11.8 Å². The van der Waals surface area contributed by atoms with Gasteiger partial charge >= 0.3 is 5.97 Å². The number of aromatic nitrogens is 2. The highest BCUT2D eigenvalue weighted by Crippen LogP contribution is 2.24. The molecule has 1 aromatic heterocycles. The van der Waals surface area contributed by atoms with Crippen molar-refractivity contribution in [2.45, 2.75) is 31.3 Å². The van der Waals surface area contributed by atoms with Crippen molar-refractivity contribution in [3.05, 3.63) is 12.3 Å². The fourth-order valence-electron chi connectivity index (χ4n) is 2.43. The summed E-state index contributed by atoms with van der Waals surface area (Å²) in [4.78, 5) is 21.8. The molecule has 0 atom stereocenters. The zero-order valence-corrected chi connectivity index (χ0v) is 12.9. The van der Waals surface area contributed by atoms with E-state index < -0.39 is 0 Å². The second-order valence-electron chi connectivity index (χ2n) is 4.96. The van der Waals surface area contributed by atoms with Gasteiger partial charge in [-0.3, -0.25) is 4.79 Å². The van der Waals surface area contributed by atoms with Gasteiger partial charge in [0.2, 0.25) is 0 Å². The number of hydrogen-bond acceptors (Lipinski definition) is 6. The topological polar surface area (TPSA) is 55.3 Å². The van der Waals surface area contributed by atoms with E-state index in [-0.39, 0.29) is 5.97 Å². The lowest BCUT2D eigenvalue weighted by Gasteiger charge is -2.32. The maximum absolute atomic E-state index is 10.7. The van der Waals surface area contributed by atoms with Crippen LogP contribution in [-0.4, -0.2) is 41.9 Å². The Labute approximate surface area is 124 Å². The first kappa shape index (κ1) is 15.1. The van der Waals surface area contributed by atoms with Crippen molar-refractivity contribution in [2.24, 2.45) is 5.92 Å². The van der Waals surface area contributed by atoms with Gasteiger partial charge in [0.05, 0.1) is 6.61 Å². The van der Waals surface area contributed by atoms with Gasteiger partial charge in [-0.05, 0) is 37.5 Å². The summed E-state index contributed by atoms with van der Waals surface area (Å²) in [6.07, 6.45) is 7.02. The number of hydrogen-bond donors (Lipinski definition) is 0. The van der Waals surface area contributed by atoms with Crippen LogP contribution < -0.4 is 4.90 Å². The fraction of sp³-hybridized carbons (Fsp3) is 0.643. The minimum atomic E-state index is -0.187. The molecular formula is C14H21N3O2S. The molecule has 1 aromatic rings. The summed E-state index contributed by atoms with van der Waals surface area (Å²) in [6, 6.07) is 1.97.